The number of nitrogens with zero attached hydrogens (tertiary/aromatic N) is 1. The molecule has 0 saturated heterocycles. The lowest BCUT2D eigenvalue weighted by Gasteiger charge is -2.24. The van der Waals surface area contributed by atoms with Crippen LogP contribution in [0, 0.1) is 5.82 Å². The van der Waals surface area contributed by atoms with E-state index in [1.54, 1.807) is 23.6 Å². The zero-order valence-corrected chi connectivity index (χ0v) is 12.6. The van der Waals surface area contributed by atoms with Crippen LogP contribution in [0.1, 0.15) is 24.4 Å². The third-order valence-corrected chi connectivity index (χ3v) is 4.43. The van der Waals surface area contributed by atoms with Crippen LogP contribution < -0.4 is 5.32 Å². The summed E-state index contributed by atoms with van der Waals surface area (Å²) in [5.41, 5.74) is 0.706. The molecule has 2 nitrogen and oxygen atoms in total. The van der Waals surface area contributed by atoms with E-state index in [-0.39, 0.29) is 11.4 Å². The van der Waals surface area contributed by atoms with E-state index in [1.165, 1.54) is 6.07 Å². The predicted octanol–water partition coefficient (Wildman–Crippen LogP) is 4.07. The van der Waals surface area contributed by atoms with E-state index < -0.39 is 0 Å². The first-order valence-corrected chi connectivity index (χ1v) is 7.25. The molecule has 0 radical (unpaired) electrons. The summed E-state index contributed by atoms with van der Waals surface area (Å²) in [6.07, 6.45) is 1.79. The van der Waals surface area contributed by atoms with Gasteiger partial charge in [0.15, 0.2) is 0 Å². The van der Waals surface area contributed by atoms with Gasteiger partial charge in [0.1, 0.15) is 10.8 Å². The minimum absolute atomic E-state index is 0.211. The molecule has 0 atom stereocenters. The van der Waals surface area contributed by atoms with Gasteiger partial charge in [-0.3, -0.25) is 0 Å². The van der Waals surface area contributed by atoms with Crippen molar-refractivity contribution < 1.29 is 4.39 Å². The van der Waals surface area contributed by atoms with Crippen LogP contribution in [0.15, 0.2) is 34.2 Å². The minimum Gasteiger partial charge on any atom is -0.302 e. The Kier molecular flexibility index (Phi) is 4.14. The van der Waals surface area contributed by atoms with Crippen LogP contribution in [0.3, 0.4) is 0 Å². The molecule has 1 aromatic heterocycles. The highest BCUT2D eigenvalue weighted by molar-refractivity contribution is 9.10. The highest BCUT2D eigenvalue weighted by Crippen LogP contribution is 2.23. The number of nitrogens with one attached hydrogen (secondary N) is 1. The highest BCUT2D eigenvalue weighted by atomic mass is 79.9. The molecule has 0 fully saturated rings. The maximum absolute atomic E-state index is 13.4. The van der Waals surface area contributed by atoms with Crippen molar-refractivity contribution in [3.05, 3.63) is 50.6 Å². The smallest absolute Gasteiger partial charge is 0.137 e. The van der Waals surface area contributed by atoms with Crippen molar-refractivity contribution in [2.75, 3.05) is 0 Å². The molecule has 96 valence electrons. The molecule has 1 N–H and O–H groups in total. The van der Waals surface area contributed by atoms with Crippen molar-refractivity contribution in [3.8, 4) is 0 Å². The summed E-state index contributed by atoms with van der Waals surface area (Å²) >= 11 is 4.76. The number of hydrogen-bond acceptors (Lipinski definition) is 3. The van der Waals surface area contributed by atoms with Crippen molar-refractivity contribution in [1.29, 1.82) is 0 Å². The van der Waals surface area contributed by atoms with E-state index in [9.17, 15) is 4.39 Å². The van der Waals surface area contributed by atoms with E-state index in [4.69, 9.17) is 0 Å². The van der Waals surface area contributed by atoms with Crippen LogP contribution in [0.25, 0.3) is 0 Å². The summed E-state index contributed by atoms with van der Waals surface area (Å²) in [6, 6.07) is 5.16. The van der Waals surface area contributed by atoms with Crippen LogP contribution in [0.4, 0.5) is 4.39 Å². The van der Waals surface area contributed by atoms with Crippen LogP contribution in [0.5, 0.6) is 0 Å². The fraction of sp³-hybridized carbons (Fsp3) is 0.308. The Hall–Kier alpha value is -0.780. The van der Waals surface area contributed by atoms with Gasteiger partial charge in [-0.2, -0.15) is 0 Å². The van der Waals surface area contributed by atoms with E-state index in [0.29, 0.717) is 11.0 Å². The summed E-state index contributed by atoms with van der Waals surface area (Å²) in [4.78, 5) is 4.31. The molecule has 0 aliphatic heterocycles. The Morgan fingerprint density at radius 2 is 2.22 bits per heavy atom. The lowest BCUT2D eigenvalue weighted by Crippen LogP contribution is -2.35. The molecule has 18 heavy (non-hydrogen) atoms. The fourth-order valence-electron chi connectivity index (χ4n) is 1.58. The predicted molar refractivity (Wildman–Crippen MR) is 76.1 cm³/mol. The number of hydrogen-bond donors (Lipinski definition) is 1. The molecule has 2 rings (SSSR count). The van der Waals surface area contributed by atoms with Crippen LogP contribution in [-0.2, 0) is 12.1 Å². The molecule has 0 bridgehead atoms. The van der Waals surface area contributed by atoms with E-state index in [2.05, 4.69) is 40.1 Å². The van der Waals surface area contributed by atoms with Gasteiger partial charge in [0, 0.05) is 18.1 Å². The first-order chi connectivity index (χ1) is 8.49. The second-order valence-corrected chi connectivity index (χ2v) is 6.31. The molecule has 0 amide bonds. The molecule has 0 saturated carbocycles. The Morgan fingerprint density at radius 3 is 2.83 bits per heavy atom. The Balaban J connectivity index is 2.05. The van der Waals surface area contributed by atoms with Gasteiger partial charge in [-0.25, -0.2) is 9.37 Å². The Labute approximate surface area is 118 Å². The average Bonchev–Trinajstić information content (AvgIpc) is 2.85. The molecule has 1 aromatic carbocycles. The van der Waals surface area contributed by atoms with E-state index in [1.807, 2.05) is 11.4 Å². The number of aromatic nitrogens is 1. The second-order valence-electron chi connectivity index (χ2n) is 4.56. The van der Waals surface area contributed by atoms with Crippen LogP contribution >= 0.6 is 27.3 Å². The average molecular weight is 329 g/mol. The molecule has 0 unspecified atom stereocenters. The number of rotatable bonds is 4. The Bertz CT molecular complexity index is 526. The fourth-order valence-corrected chi connectivity index (χ4v) is 2.57. The number of halogens is 2. The lowest BCUT2D eigenvalue weighted by molar-refractivity contribution is 0.399. The van der Waals surface area contributed by atoms with E-state index >= 15 is 0 Å². The summed E-state index contributed by atoms with van der Waals surface area (Å²) < 4.78 is 13.9. The zero-order valence-electron chi connectivity index (χ0n) is 10.2. The normalized spacial score (nSPS) is 11.8. The van der Waals surface area contributed by atoms with Crippen molar-refractivity contribution >= 4 is 27.3 Å². The topological polar surface area (TPSA) is 24.9 Å². The standard InChI is InChI=1S/C13H14BrFN2S/c1-13(2,12-16-5-6-18-12)17-8-9-3-4-10(14)11(15)7-9/h3-7,17H,8H2,1-2H3. The summed E-state index contributed by atoms with van der Waals surface area (Å²) in [6.45, 7) is 4.75. The quantitative estimate of drug-likeness (QED) is 0.915. The third kappa shape index (κ3) is 3.16. The minimum atomic E-state index is -0.235. The van der Waals surface area contributed by atoms with Crippen molar-refractivity contribution in [1.82, 2.24) is 10.3 Å². The second kappa shape index (κ2) is 5.47. The maximum Gasteiger partial charge on any atom is 0.137 e. The largest absolute Gasteiger partial charge is 0.302 e. The van der Waals surface area contributed by atoms with Crippen LogP contribution in [-0.4, -0.2) is 4.98 Å². The maximum atomic E-state index is 13.4. The molecule has 2 aromatic rings. The first kappa shape index (κ1) is 13.6. The summed E-state index contributed by atoms with van der Waals surface area (Å²) in [7, 11) is 0. The first-order valence-electron chi connectivity index (χ1n) is 5.58. The van der Waals surface area contributed by atoms with Gasteiger partial charge in [-0.05, 0) is 47.5 Å². The highest BCUT2D eigenvalue weighted by Gasteiger charge is 2.22. The van der Waals surface area contributed by atoms with Crippen molar-refractivity contribution in [2.45, 2.75) is 25.9 Å². The molecule has 0 aliphatic carbocycles. The van der Waals surface area contributed by atoms with Gasteiger partial charge in [0.2, 0.25) is 0 Å². The summed E-state index contributed by atoms with van der Waals surface area (Å²) in [5.74, 6) is -0.235. The van der Waals surface area contributed by atoms with Crippen LogP contribution in [0.2, 0.25) is 0 Å². The van der Waals surface area contributed by atoms with Gasteiger partial charge in [0.25, 0.3) is 0 Å². The Morgan fingerprint density at radius 1 is 1.44 bits per heavy atom. The molecule has 5 heteroatoms. The third-order valence-electron chi connectivity index (χ3n) is 2.69. The van der Waals surface area contributed by atoms with E-state index in [0.717, 1.165) is 10.6 Å². The lowest BCUT2D eigenvalue weighted by atomic mass is 10.1. The SMILES string of the molecule is CC(C)(NCc1ccc(Br)c(F)c1)c1nccs1. The van der Waals surface area contributed by atoms with Gasteiger partial charge in [0.05, 0.1) is 10.0 Å². The van der Waals surface area contributed by atoms with Gasteiger partial charge >= 0.3 is 0 Å². The molecule has 1 heterocycles. The van der Waals surface area contributed by atoms with Gasteiger partial charge < -0.3 is 5.32 Å². The van der Waals surface area contributed by atoms with Gasteiger partial charge in [-0.15, -0.1) is 11.3 Å². The monoisotopic (exact) mass is 328 g/mol. The summed E-state index contributed by atoms with van der Waals surface area (Å²) in [5, 5.41) is 6.37. The number of benzene rings is 1. The van der Waals surface area contributed by atoms with Crippen molar-refractivity contribution in [2.24, 2.45) is 0 Å². The van der Waals surface area contributed by atoms with Crippen molar-refractivity contribution in [3.63, 3.8) is 0 Å². The molecule has 0 aliphatic rings. The molecule has 0 spiro atoms. The number of thiazole rings is 1. The zero-order chi connectivity index (χ0) is 13.2. The molecular formula is C13H14BrFN2S. The molecular weight excluding hydrogens is 315 g/mol. The van der Waals surface area contributed by atoms with Gasteiger partial charge in [-0.1, -0.05) is 6.07 Å².